The summed E-state index contributed by atoms with van der Waals surface area (Å²) in [5.74, 6) is -0.840. The van der Waals surface area contributed by atoms with Gasteiger partial charge in [0.2, 0.25) is 11.8 Å². The lowest BCUT2D eigenvalue weighted by atomic mass is 10.1. The molecule has 0 fully saturated rings. The Hall–Kier alpha value is -3.12. The normalized spacial score (nSPS) is 10.8. The molecule has 3 N–H and O–H groups in total. The van der Waals surface area contributed by atoms with E-state index in [4.69, 9.17) is 11.6 Å². The predicted molar refractivity (Wildman–Crippen MR) is 112 cm³/mol. The Labute approximate surface area is 169 Å². The van der Waals surface area contributed by atoms with Gasteiger partial charge in [0, 0.05) is 29.8 Å². The third-order valence-electron chi connectivity index (χ3n) is 3.56. The van der Waals surface area contributed by atoms with Crippen LogP contribution in [-0.2, 0) is 9.59 Å². The van der Waals surface area contributed by atoms with E-state index >= 15 is 0 Å². The van der Waals surface area contributed by atoms with E-state index in [0.717, 1.165) is 5.56 Å². The average Bonchev–Trinajstić information content (AvgIpc) is 2.60. The molecule has 0 saturated heterocycles. The molecule has 0 spiro atoms. The van der Waals surface area contributed by atoms with Crippen LogP contribution in [0.1, 0.15) is 36.7 Å². The van der Waals surface area contributed by atoms with Gasteiger partial charge >= 0.3 is 0 Å². The van der Waals surface area contributed by atoms with Crippen molar-refractivity contribution < 1.29 is 14.4 Å². The fraction of sp³-hybridized carbons (Fsp3) is 0.190. The number of rotatable bonds is 6. The van der Waals surface area contributed by atoms with Crippen molar-refractivity contribution in [2.45, 2.75) is 26.8 Å². The van der Waals surface area contributed by atoms with E-state index in [1.807, 2.05) is 13.8 Å². The molecule has 0 saturated carbocycles. The van der Waals surface area contributed by atoms with Gasteiger partial charge in [0.1, 0.15) is 0 Å². The lowest BCUT2D eigenvalue weighted by molar-refractivity contribution is -0.114. The van der Waals surface area contributed by atoms with Crippen molar-refractivity contribution in [2.75, 3.05) is 10.6 Å². The van der Waals surface area contributed by atoms with E-state index in [-0.39, 0.29) is 17.9 Å². The van der Waals surface area contributed by atoms with Crippen molar-refractivity contribution in [3.63, 3.8) is 0 Å². The summed E-state index contributed by atoms with van der Waals surface area (Å²) in [6.07, 6.45) is 2.99. The maximum atomic E-state index is 12.3. The van der Waals surface area contributed by atoms with E-state index < -0.39 is 5.91 Å². The van der Waals surface area contributed by atoms with Gasteiger partial charge in [0.05, 0.1) is 11.3 Å². The van der Waals surface area contributed by atoms with Crippen molar-refractivity contribution in [1.82, 2.24) is 5.32 Å². The van der Waals surface area contributed by atoms with Crippen LogP contribution >= 0.6 is 11.6 Å². The molecular weight excluding hydrogens is 378 g/mol. The van der Waals surface area contributed by atoms with E-state index in [1.54, 1.807) is 42.5 Å². The molecule has 0 aliphatic rings. The number of halogens is 1. The molecule has 2 aromatic carbocycles. The van der Waals surface area contributed by atoms with Crippen molar-refractivity contribution >= 4 is 46.8 Å². The van der Waals surface area contributed by atoms with Crippen LogP contribution in [0.5, 0.6) is 0 Å². The molecule has 0 aliphatic heterocycles. The van der Waals surface area contributed by atoms with Crippen LogP contribution in [0.15, 0.2) is 48.5 Å². The maximum absolute atomic E-state index is 12.3. The summed E-state index contributed by atoms with van der Waals surface area (Å²) in [5.41, 5.74) is 2.13. The highest BCUT2D eigenvalue weighted by molar-refractivity contribution is 6.31. The zero-order chi connectivity index (χ0) is 20.7. The predicted octanol–water partition coefficient (Wildman–Crippen LogP) is 4.09. The van der Waals surface area contributed by atoms with Gasteiger partial charge in [0.15, 0.2) is 0 Å². The van der Waals surface area contributed by atoms with E-state index in [1.165, 1.54) is 19.1 Å². The minimum absolute atomic E-state index is 0.0351. The monoisotopic (exact) mass is 399 g/mol. The first-order valence-electron chi connectivity index (χ1n) is 8.71. The third-order valence-corrected chi connectivity index (χ3v) is 3.80. The summed E-state index contributed by atoms with van der Waals surface area (Å²) >= 11 is 6.00. The molecule has 0 heterocycles. The lowest BCUT2D eigenvalue weighted by Crippen LogP contribution is -2.31. The van der Waals surface area contributed by atoms with Crippen LogP contribution in [0.3, 0.4) is 0 Å². The smallest absolute Gasteiger partial charge is 0.253 e. The molecule has 2 aromatic rings. The molecule has 28 heavy (non-hydrogen) atoms. The number of carbonyl (C=O) groups excluding carboxylic acids is 3. The van der Waals surface area contributed by atoms with Crippen LogP contribution in [0, 0.1) is 0 Å². The number of hydrogen-bond donors (Lipinski definition) is 3. The van der Waals surface area contributed by atoms with Gasteiger partial charge in [-0.3, -0.25) is 14.4 Å². The zero-order valence-corrected chi connectivity index (χ0v) is 16.6. The highest BCUT2D eigenvalue weighted by Crippen LogP contribution is 2.21. The van der Waals surface area contributed by atoms with Gasteiger partial charge in [-0.1, -0.05) is 23.7 Å². The van der Waals surface area contributed by atoms with Crippen LogP contribution in [0.4, 0.5) is 11.4 Å². The second kappa shape index (κ2) is 9.71. The quantitative estimate of drug-likeness (QED) is 0.639. The molecule has 0 radical (unpaired) electrons. The number of hydrogen-bond acceptors (Lipinski definition) is 3. The standard InChI is InChI=1S/C21H22ClN3O3/c1-13(2)23-21(28)18-10-7-16(22)12-19(18)25-20(27)11-6-15-4-8-17(9-5-15)24-14(3)26/h4-13H,1-3H3,(H,23,28)(H,24,26)(H,25,27)/b11-6+. The SMILES string of the molecule is CC(=O)Nc1ccc(/C=C/C(=O)Nc2cc(Cl)ccc2C(=O)NC(C)C)cc1. The third kappa shape index (κ3) is 6.55. The van der Waals surface area contributed by atoms with E-state index in [2.05, 4.69) is 16.0 Å². The fourth-order valence-corrected chi connectivity index (χ4v) is 2.56. The number of amides is 3. The van der Waals surface area contributed by atoms with Gasteiger partial charge in [-0.25, -0.2) is 0 Å². The molecule has 0 unspecified atom stereocenters. The molecule has 146 valence electrons. The first kappa shape index (κ1) is 21.2. The number of nitrogens with one attached hydrogen (secondary N) is 3. The maximum Gasteiger partial charge on any atom is 0.253 e. The Morgan fingerprint density at radius 3 is 2.29 bits per heavy atom. The second-order valence-electron chi connectivity index (χ2n) is 6.44. The Morgan fingerprint density at radius 1 is 1.00 bits per heavy atom. The van der Waals surface area contributed by atoms with Crippen molar-refractivity contribution in [2.24, 2.45) is 0 Å². The van der Waals surface area contributed by atoms with Gasteiger partial charge in [0.25, 0.3) is 5.91 Å². The summed E-state index contributed by atoms with van der Waals surface area (Å²) < 4.78 is 0. The first-order chi connectivity index (χ1) is 13.2. The van der Waals surface area contributed by atoms with E-state index in [0.29, 0.717) is 22.0 Å². The fourth-order valence-electron chi connectivity index (χ4n) is 2.38. The summed E-state index contributed by atoms with van der Waals surface area (Å²) in [6.45, 7) is 5.14. The molecule has 0 bridgehead atoms. The number of benzene rings is 2. The van der Waals surface area contributed by atoms with Gasteiger partial charge in [-0.15, -0.1) is 0 Å². The molecular formula is C21H22ClN3O3. The summed E-state index contributed by atoms with van der Waals surface area (Å²) in [4.78, 5) is 35.6. The molecule has 3 amide bonds. The lowest BCUT2D eigenvalue weighted by Gasteiger charge is -2.13. The summed E-state index contributed by atoms with van der Waals surface area (Å²) in [7, 11) is 0. The Morgan fingerprint density at radius 2 is 1.68 bits per heavy atom. The Bertz CT molecular complexity index is 906. The average molecular weight is 400 g/mol. The van der Waals surface area contributed by atoms with Gasteiger partial charge in [-0.2, -0.15) is 0 Å². The van der Waals surface area contributed by atoms with E-state index in [9.17, 15) is 14.4 Å². The molecule has 0 atom stereocenters. The van der Waals surface area contributed by atoms with Crippen LogP contribution in [0.2, 0.25) is 5.02 Å². The minimum atomic E-state index is -0.396. The largest absolute Gasteiger partial charge is 0.350 e. The van der Waals surface area contributed by atoms with Gasteiger partial charge in [-0.05, 0) is 55.8 Å². The Kier molecular flexibility index (Phi) is 7.35. The van der Waals surface area contributed by atoms with Crippen molar-refractivity contribution in [3.8, 4) is 0 Å². The molecule has 0 aliphatic carbocycles. The van der Waals surface area contributed by atoms with Crippen LogP contribution in [-0.4, -0.2) is 23.8 Å². The molecule has 2 rings (SSSR count). The highest BCUT2D eigenvalue weighted by Gasteiger charge is 2.14. The minimum Gasteiger partial charge on any atom is -0.350 e. The molecule has 7 heteroatoms. The number of carbonyl (C=O) groups is 3. The zero-order valence-electron chi connectivity index (χ0n) is 15.9. The topological polar surface area (TPSA) is 87.3 Å². The van der Waals surface area contributed by atoms with Crippen molar-refractivity contribution in [3.05, 3.63) is 64.7 Å². The first-order valence-corrected chi connectivity index (χ1v) is 9.09. The van der Waals surface area contributed by atoms with Crippen LogP contribution < -0.4 is 16.0 Å². The summed E-state index contributed by atoms with van der Waals surface area (Å²) in [5, 5.41) is 8.56. The number of anilines is 2. The highest BCUT2D eigenvalue weighted by atomic mass is 35.5. The molecule has 0 aromatic heterocycles. The van der Waals surface area contributed by atoms with Crippen molar-refractivity contribution in [1.29, 1.82) is 0 Å². The Balaban J connectivity index is 2.10. The van der Waals surface area contributed by atoms with Gasteiger partial charge < -0.3 is 16.0 Å². The molecule has 6 nitrogen and oxygen atoms in total. The second-order valence-corrected chi connectivity index (χ2v) is 6.88. The van der Waals surface area contributed by atoms with Crippen LogP contribution in [0.25, 0.3) is 6.08 Å². The summed E-state index contributed by atoms with van der Waals surface area (Å²) in [6, 6.07) is 11.7.